The summed E-state index contributed by atoms with van der Waals surface area (Å²) in [4.78, 5) is 41.2. The van der Waals surface area contributed by atoms with Crippen LogP contribution in [0.2, 0.25) is 0 Å². The van der Waals surface area contributed by atoms with Gasteiger partial charge in [0.25, 0.3) is 0 Å². The number of carbonyl (C=O) groups excluding carboxylic acids is 2. The number of aryl methyl sites for hydroxylation is 1. The Morgan fingerprint density at radius 2 is 1.75 bits per heavy atom. The fourth-order valence-corrected chi connectivity index (χ4v) is 6.56. The first-order valence-electron chi connectivity index (χ1n) is 14.8. The van der Waals surface area contributed by atoms with E-state index in [0.29, 0.717) is 35.4 Å². The molecule has 0 spiro atoms. The third-order valence-corrected chi connectivity index (χ3v) is 8.66. The Bertz CT molecular complexity index is 1170. The van der Waals surface area contributed by atoms with E-state index in [1.165, 1.54) is 32.8 Å². The van der Waals surface area contributed by atoms with Gasteiger partial charge in [0.1, 0.15) is 5.75 Å². The van der Waals surface area contributed by atoms with Crippen LogP contribution >= 0.6 is 0 Å². The van der Waals surface area contributed by atoms with E-state index in [0.717, 1.165) is 56.7 Å². The van der Waals surface area contributed by atoms with Crippen LogP contribution in [-0.4, -0.2) is 81.5 Å². The first kappa shape index (κ1) is 28.3. The molecule has 1 aliphatic carbocycles. The highest BCUT2D eigenvalue weighted by Gasteiger charge is 2.44. The fourth-order valence-electron chi connectivity index (χ4n) is 6.56. The molecule has 1 unspecified atom stereocenters. The minimum absolute atomic E-state index is 0.279. The van der Waals surface area contributed by atoms with Crippen molar-refractivity contribution >= 4 is 12.0 Å². The molecule has 9 nitrogen and oxygen atoms in total. The van der Waals surface area contributed by atoms with Gasteiger partial charge in [0.05, 0.1) is 18.7 Å². The molecular weight excluding hydrogens is 506 g/mol. The standard InChI is InChI=1S/C31H43N5O4/c1-21(2)17-27-20-35(25-7-5-6-8-25)31(38)36(27)26-13-15-34(16-14-26)19-24-18-32-30(33-22(24)3)40-28-11-9-23(10-12-28)29(37)39-4/h9-12,18,21,25-27H,5-8,13-17,19-20H2,1-4H3. The minimum atomic E-state index is -0.388. The van der Waals surface area contributed by atoms with Gasteiger partial charge in [0.15, 0.2) is 0 Å². The maximum Gasteiger partial charge on any atom is 0.337 e. The van der Waals surface area contributed by atoms with Crippen LogP contribution in [0.1, 0.15) is 80.4 Å². The van der Waals surface area contributed by atoms with Gasteiger partial charge in [-0.05, 0) is 69.2 Å². The summed E-state index contributed by atoms with van der Waals surface area (Å²) in [7, 11) is 1.36. The molecular formula is C31H43N5O4. The Balaban J connectivity index is 1.16. The zero-order chi connectivity index (χ0) is 28.2. The van der Waals surface area contributed by atoms with Gasteiger partial charge in [0.2, 0.25) is 0 Å². The summed E-state index contributed by atoms with van der Waals surface area (Å²) in [5, 5.41) is 0. The van der Waals surface area contributed by atoms with E-state index in [1.54, 1.807) is 24.3 Å². The molecule has 2 aliphatic heterocycles. The summed E-state index contributed by atoms with van der Waals surface area (Å²) < 4.78 is 10.5. The molecule has 0 N–H and O–H groups in total. The van der Waals surface area contributed by atoms with Crippen LogP contribution < -0.4 is 4.74 Å². The first-order valence-corrected chi connectivity index (χ1v) is 14.8. The smallest absolute Gasteiger partial charge is 0.337 e. The highest BCUT2D eigenvalue weighted by Crippen LogP contribution is 2.34. The van der Waals surface area contributed by atoms with Gasteiger partial charge in [-0.25, -0.2) is 14.6 Å². The molecule has 1 aromatic heterocycles. The number of carbonyl (C=O) groups is 2. The molecule has 1 saturated carbocycles. The van der Waals surface area contributed by atoms with Crippen LogP contribution in [0.15, 0.2) is 30.5 Å². The summed E-state index contributed by atoms with van der Waals surface area (Å²) >= 11 is 0. The lowest BCUT2D eigenvalue weighted by Crippen LogP contribution is -2.49. The zero-order valence-electron chi connectivity index (χ0n) is 24.3. The first-order chi connectivity index (χ1) is 19.3. The van der Waals surface area contributed by atoms with Crippen molar-refractivity contribution in [2.45, 2.75) is 90.4 Å². The Hall–Kier alpha value is -3.20. The second-order valence-corrected chi connectivity index (χ2v) is 12.0. The Kier molecular flexibility index (Phi) is 8.88. The molecule has 0 radical (unpaired) electrons. The fraction of sp³-hybridized carbons (Fsp3) is 0.613. The van der Waals surface area contributed by atoms with Crippen molar-refractivity contribution in [2.75, 3.05) is 26.7 Å². The van der Waals surface area contributed by atoms with E-state index in [2.05, 4.69) is 38.5 Å². The number of likely N-dealkylation sites (tertiary alicyclic amines) is 1. The predicted molar refractivity (Wildman–Crippen MR) is 152 cm³/mol. The average molecular weight is 550 g/mol. The van der Waals surface area contributed by atoms with E-state index in [-0.39, 0.29) is 18.0 Å². The summed E-state index contributed by atoms with van der Waals surface area (Å²) in [5.74, 6) is 0.749. The van der Waals surface area contributed by atoms with Gasteiger partial charge in [-0.15, -0.1) is 0 Å². The third-order valence-electron chi connectivity index (χ3n) is 8.66. The number of hydrogen-bond acceptors (Lipinski definition) is 7. The van der Waals surface area contributed by atoms with Crippen molar-refractivity contribution in [3.05, 3.63) is 47.3 Å². The molecule has 216 valence electrons. The van der Waals surface area contributed by atoms with Gasteiger partial charge in [-0.2, -0.15) is 4.98 Å². The Morgan fingerprint density at radius 3 is 2.38 bits per heavy atom. The van der Waals surface area contributed by atoms with Gasteiger partial charge >= 0.3 is 18.0 Å². The molecule has 1 atom stereocenters. The molecule has 5 rings (SSSR count). The molecule has 1 aromatic carbocycles. The maximum atomic E-state index is 13.6. The number of rotatable bonds is 9. The summed E-state index contributed by atoms with van der Waals surface area (Å²) in [6.07, 6.45) is 9.76. The quantitative estimate of drug-likeness (QED) is 0.386. The average Bonchev–Trinajstić information content (AvgIpc) is 3.58. The summed E-state index contributed by atoms with van der Waals surface area (Å²) in [6, 6.07) is 8.37. The van der Waals surface area contributed by atoms with Crippen LogP contribution in [0.4, 0.5) is 4.79 Å². The predicted octanol–water partition coefficient (Wildman–Crippen LogP) is 5.42. The van der Waals surface area contributed by atoms with Crippen LogP contribution in [-0.2, 0) is 11.3 Å². The molecule has 9 heteroatoms. The number of methoxy groups -OCH3 is 1. The molecule has 0 bridgehead atoms. The summed E-state index contributed by atoms with van der Waals surface area (Å²) in [5.41, 5.74) is 2.42. The van der Waals surface area contributed by atoms with E-state index in [4.69, 9.17) is 9.47 Å². The SMILES string of the molecule is COC(=O)c1ccc(Oc2ncc(CN3CCC(N4C(=O)N(C5CCCC5)CC4CC(C)C)CC3)c(C)n2)cc1. The topological polar surface area (TPSA) is 88.1 Å². The normalized spacial score (nSPS) is 21.0. The molecule has 2 saturated heterocycles. The largest absolute Gasteiger partial charge is 0.465 e. The van der Waals surface area contributed by atoms with Crippen molar-refractivity contribution in [2.24, 2.45) is 5.92 Å². The van der Waals surface area contributed by atoms with E-state index in [1.807, 2.05) is 13.1 Å². The second kappa shape index (κ2) is 12.5. The van der Waals surface area contributed by atoms with Crippen molar-refractivity contribution in [3.8, 4) is 11.8 Å². The minimum Gasteiger partial charge on any atom is -0.465 e. The summed E-state index contributed by atoms with van der Waals surface area (Å²) in [6.45, 7) is 10.1. The number of nitrogens with zero attached hydrogens (tertiary/aromatic N) is 5. The number of ether oxygens (including phenoxy) is 2. The Labute approximate surface area is 237 Å². The van der Waals surface area contributed by atoms with Gasteiger partial charge < -0.3 is 19.3 Å². The van der Waals surface area contributed by atoms with E-state index < -0.39 is 0 Å². The van der Waals surface area contributed by atoms with E-state index in [9.17, 15) is 9.59 Å². The molecule has 40 heavy (non-hydrogen) atoms. The third kappa shape index (κ3) is 6.40. The molecule has 3 fully saturated rings. The number of urea groups is 1. The number of amides is 2. The van der Waals surface area contributed by atoms with Gasteiger partial charge in [-0.1, -0.05) is 26.7 Å². The lowest BCUT2D eigenvalue weighted by molar-refractivity contribution is 0.0600. The number of esters is 1. The lowest BCUT2D eigenvalue weighted by atomic mass is 9.98. The molecule has 2 aromatic rings. The second-order valence-electron chi connectivity index (χ2n) is 12.0. The van der Waals surface area contributed by atoms with Gasteiger partial charge in [0, 0.05) is 55.7 Å². The monoisotopic (exact) mass is 549 g/mol. The zero-order valence-corrected chi connectivity index (χ0v) is 24.3. The van der Waals surface area contributed by atoms with Crippen LogP contribution in [0.3, 0.4) is 0 Å². The van der Waals surface area contributed by atoms with Crippen molar-refractivity contribution < 1.29 is 19.1 Å². The highest BCUT2D eigenvalue weighted by atomic mass is 16.5. The molecule has 2 amide bonds. The number of piperidine rings is 1. The van der Waals surface area contributed by atoms with Crippen LogP contribution in [0.25, 0.3) is 0 Å². The van der Waals surface area contributed by atoms with Crippen molar-refractivity contribution in [1.82, 2.24) is 24.7 Å². The van der Waals surface area contributed by atoms with E-state index >= 15 is 0 Å². The highest BCUT2D eigenvalue weighted by molar-refractivity contribution is 5.89. The molecule has 3 aliphatic rings. The Morgan fingerprint density at radius 1 is 1.05 bits per heavy atom. The number of benzene rings is 1. The van der Waals surface area contributed by atoms with Crippen LogP contribution in [0, 0.1) is 12.8 Å². The van der Waals surface area contributed by atoms with Crippen molar-refractivity contribution in [3.63, 3.8) is 0 Å². The number of aromatic nitrogens is 2. The lowest BCUT2D eigenvalue weighted by Gasteiger charge is -2.39. The van der Waals surface area contributed by atoms with Crippen LogP contribution in [0.5, 0.6) is 11.8 Å². The van der Waals surface area contributed by atoms with Gasteiger partial charge in [-0.3, -0.25) is 4.90 Å². The number of hydrogen-bond donors (Lipinski definition) is 0. The maximum absolute atomic E-state index is 13.6. The van der Waals surface area contributed by atoms with Crippen molar-refractivity contribution in [1.29, 1.82) is 0 Å². The molecule has 3 heterocycles.